The highest BCUT2D eigenvalue weighted by Crippen LogP contribution is 2.18. The van der Waals surface area contributed by atoms with Gasteiger partial charge in [0, 0.05) is 31.4 Å². The highest BCUT2D eigenvalue weighted by atomic mass is 32.2. The van der Waals surface area contributed by atoms with Crippen LogP contribution in [0.25, 0.3) is 0 Å². The molecule has 1 aromatic carbocycles. The van der Waals surface area contributed by atoms with Gasteiger partial charge in [-0.05, 0) is 25.6 Å². The predicted octanol–water partition coefficient (Wildman–Crippen LogP) is 2.49. The van der Waals surface area contributed by atoms with Crippen LogP contribution in [-0.4, -0.2) is 49.1 Å². The van der Waals surface area contributed by atoms with Crippen LogP contribution in [0.5, 0.6) is 5.75 Å². The third-order valence-corrected chi connectivity index (χ3v) is 5.64. The van der Waals surface area contributed by atoms with Gasteiger partial charge in [0.2, 0.25) is 0 Å². The van der Waals surface area contributed by atoms with Crippen molar-refractivity contribution >= 4 is 10.0 Å². The molecule has 0 aliphatic rings. The van der Waals surface area contributed by atoms with Crippen LogP contribution in [0.4, 0.5) is 0 Å². The van der Waals surface area contributed by atoms with Crippen LogP contribution in [0.2, 0.25) is 0 Å². The molecule has 7 nitrogen and oxygen atoms in total. The van der Waals surface area contributed by atoms with E-state index in [9.17, 15) is 8.42 Å². The summed E-state index contributed by atoms with van der Waals surface area (Å²) in [5, 5.41) is 0.0379. The fraction of sp³-hybridized carbons (Fsp3) is 0.526. The molecule has 0 amide bonds. The van der Waals surface area contributed by atoms with Gasteiger partial charge in [-0.2, -0.15) is 0 Å². The van der Waals surface area contributed by atoms with Crippen molar-refractivity contribution in [1.29, 1.82) is 0 Å². The van der Waals surface area contributed by atoms with Crippen LogP contribution in [-0.2, 0) is 23.1 Å². The molecule has 0 unspecified atom stereocenters. The van der Waals surface area contributed by atoms with Crippen molar-refractivity contribution in [3.63, 3.8) is 0 Å². The Kier molecular flexibility index (Phi) is 8.27. The molecule has 0 saturated carbocycles. The molecule has 0 fully saturated rings. The average molecular weight is 395 g/mol. The molecule has 0 atom stereocenters. The number of ether oxygens (including phenoxy) is 1. The van der Waals surface area contributed by atoms with Gasteiger partial charge < -0.3 is 14.2 Å². The van der Waals surface area contributed by atoms with E-state index in [1.54, 1.807) is 17.1 Å². The van der Waals surface area contributed by atoms with Gasteiger partial charge in [-0.25, -0.2) is 18.1 Å². The lowest BCUT2D eigenvalue weighted by atomic mass is 10.2. The van der Waals surface area contributed by atoms with Gasteiger partial charge in [0.25, 0.3) is 10.0 Å². The van der Waals surface area contributed by atoms with Gasteiger partial charge in [0.05, 0.1) is 6.33 Å². The van der Waals surface area contributed by atoms with Crippen molar-refractivity contribution in [3.8, 4) is 5.75 Å². The first-order valence-electron chi connectivity index (χ1n) is 9.44. The Hall–Kier alpha value is -1.90. The zero-order valence-corrected chi connectivity index (χ0v) is 17.2. The first-order valence-corrected chi connectivity index (χ1v) is 10.9. The van der Waals surface area contributed by atoms with Crippen LogP contribution in [0.1, 0.15) is 32.8 Å². The lowest BCUT2D eigenvalue weighted by Gasteiger charge is -2.19. The quantitative estimate of drug-likeness (QED) is 0.599. The molecule has 0 bridgehead atoms. The maximum absolute atomic E-state index is 12.5. The minimum atomic E-state index is -3.66. The topological polar surface area (TPSA) is 76.5 Å². The van der Waals surface area contributed by atoms with E-state index < -0.39 is 10.0 Å². The van der Waals surface area contributed by atoms with Crippen molar-refractivity contribution in [2.24, 2.45) is 0 Å². The molecule has 1 N–H and O–H groups in total. The fourth-order valence-electron chi connectivity index (χ4n) is 2.72. The van der Waals surface area contributed by atoms with Crippen molar-refractivity contribution in [1.82, 2.24) is 19.2 Å². The van der Waals surface area contributed by atoms with Crippen molar-refractivity contribution < 1.29 is 13.2 Å². The normalized spacial score (nSPS) is 11.9. The van der Waals surface area contributed by atoms with Gasteiger partial charge in [-0.3, -0.25) is 0 Å². The summed E-state index contributed by atoms with van der Waals surface area (Å²) in [7, 11) is -3.66. The smallest absolute Gasteiger partial charge is 0.259 e. The summed E-state index contributed by atoms with van der Waals surface area (Å²) >= 11 is 0. The molecule has 2 aromatic rings. The molecule has 1 aromatic heterocycles. The zero-order valence-electron chi connectivity index (χ0n) is 16.4. The number of para-hydroxylation sites is 1. The molecule has 27 heavy (non-hydrogen) atoms. The van der Waals surface area contributed by atoms with E-state index >= 15 is 0 Å². The maximum Gasteiger partial charge on any atom is 0.259 e. The minimum absolute atomic E-state index is 0.0379. The molecule has 150 valence electrons. The van der Waals surface area contributed by atoms with Gasteiger partial charge in [-0.1, -0.05) is 39.0 Å². The standard InChI is InChI=1S/C19H30N4O3S/c1-4-11-23-15-19(20-16-23)27(24,25)21-14-17-9-7-8-10-18(17)26-13-12-22(5-2)6-3/h7-10,15-16,21H,4-6,11-14H2,1-3H3. The Morgan fingerprint density at radius 1 is 1.19 bits per heavy atom. The summed E-state index contributed by atoms with van der Waals surface area (Å²) in [5.41, 5.74) is 0.800. The highest BCUT2D eigenvalue weighted by Gasteiger charge is 2.18. The molecular formula is C19H30N4O3S. The van der Waals surface area contributed by atoms with E-state index in [1.165, 1.54) is 0 Å². The average Bonchev–Trinajstić information content (AvgIpc) is 3.14. The lowest BCUT2D eigenvalue weighted by Crippen LogP contribution is -2.28. The van der Waals surface area contributed by atoms with Crippen LogP contribution in [0, 0.1) is 0 Å². The summed E-state index contributed by atoms with van der Waals surface area (Å²) in [4.78, 5) is 6.28. The number of nitrogens with zero attached hydrogens (tertiary/aromatic N) is 3. The molecule has 0 aliphatic carbocycles. The van der Waals surface area contributed by atoms with Crippen molar-refractivity contribution in [3.05, 3.63) is 42.4 Å². The third kappa shape index (κ3) is 6.34. The van der Waals surface area contributed by atoms with Gasteiger partial charge in [0.15, 0.2) is 5.03 Å². The number of hydrogen-bond acceptors (Lipinski definition) is 5. The van der Waals surface area contributed by atoms with E-state index in [0.717, 1.165) is 38.2 Å². The number of hydrogen-bond donors (Lipinski definition) is 1. The molecule has 0 spiro atoms. The predicted molar refractivity (Wildman–Crippen MR) is 106 cm³/mol. The molecule has 0 aliphatic heterocycles. The Balaban J connectivity index is 1.98. The number of likely N-dealkylation sites (N-methyl/N-ethyl adjacent to an activating group) is 1. The minimum Gasteiger partial charge on any atom is -0.492 e. The Morgan fingerprint density at radius 2 is 1.93 bits per heavy atom. The van der Waals surface area contributed by atoms with Crippen LogP contribution in [0.15, 0.2) is 41.8 Å². The SMILES string of the molecule is CCCn1cnc(S(=O)(=O)NCc2ccccc2OCCN(CC)CC)c1. The lowest BCUT2D eigenvalue weighted by molar-refractivity contribution is 0.221. The largest absolute Gasteiger partial charge is 0.492 e. The van der Waals surface area contributed by atoms with Crippen molar-refractivity contribution in [2.75, 3.05) is 26.2 Å². The molecule has 1 heterocycles. The fourth-order valence-corrected chi connectivity index (χ4v) is 3.67. The van der Waals surface area contributed by atoms with Gasteiger partial charge >= 0.3 is 0 Å². The van der Waals surface area contributed by atoms with E-state index in [2.05, 4.69) is 28.5 Å². The number of aryl methyl sites for hydroxylation is 1. The number of aromatic nitrogens is 2. The maximum atomic E-state index is 12.5. The highest BCUT2D eigenvalue weighted by molar-refractivity contribution is 7.89. The Bertz CT molecular complexity index is 801. The molecular weight excluding hydrogens is 364 g/mol. The second-order valence-electron chi connectivity index (χ2n) is 6.26. The first kappa shape index (κ1) is 21.4. The van der Waals surface area contributed by atoms with E-state index in [-0.39, 0.29) is 11.6 Å². The molecule has 2 rings (SSSR count). The number of rotatable bonds is 12. The van der Waals surface area contributed by atoms with Crippen molar-refractivity contribution in [2.45, 2.75) is 45.3 Å². The summed E-state index contributed by atoms with van der Waals surface area (Å²) in [6.45, 7) is 10.5. The molecule has 0 radical (unpaired) electrons. The number of imidazole rings is 1. The second kappa shape index (κ2) is 10.4. The van der Waals surface area contributed by atoms with E-state index in [0.29, 0.717) is 12.4 Å². The van der Waals surface area contributed by atoms with Gasteiger partial charge in [-0.15, -0.1) is 0 Å². The van der Waals surface area contributed by atoms with Crippen LogP contribution >= 0.6 is 0 Å². The third-order valence-electron chi connectivity index (χ3n) is 4.35. The van der Waals surface area contributed by atoms with Gasteiger partial charge in [0.1, 0.15) is 12.4 Å². The summed E-state index contributed by atoms with van der Waals surface area (Å²) < 4.78 is 35.2. The molecule has 8 heteroatoms. The van der Waals surface area contributed by atoms with Crippen LogP contribution < -0.4 is 9.46 Å². The van der Waals surface area contributed by atoms with Crippen LogP contribution in [0.3, 0.4) is 0 Å². The van der Waals surface area contributed by atoms with E-state index in [1.807, 2.05) is 31.2 Å². The zero-order chi connectivity index (χ0) is 19.7. The Labute approximate surface area is 162 Å². The number of sulfonamides is 1. The second-order valence-corrected chi connectivity index (χ2v) is 7.97. The number of benzene rings is 1. The summed E-state index contributed by atoms with van der Waals surface area (Å²) in [5.74, 6) is 0.698. The Morgan fingerprint density at radius 3 is 2.63 bits per heavy atom. The summed E-state index contributed by atoms with van der Waals surface area (Å²) in [6.07, 6.45) is 4.02. The number of nitrogens with one attached hydrogen (secondary N) is 1. The summed E-state index contributed by atoms with van der Waals surface area (Å²) in [6, 6.07) is 7.49. The molecule has 0 saturated heterocycles. The van der Waals surface area contributed by atoms with E-state index in [4.69, 9.17) is 4.74 Å². The monoisotopic (exact) mass is 394 g/mol. The first-order chi connectivity index (χ1) is 13.0.